The van der Waals surface area contributed by atoms with Crippen molar-refractivity contribution in [2.75, 3.05) is 33.5 Å². The fourth-order valence-electron chi connectivity index (χ4n) is 1.41. The molecule has 0 aliphatic heterocycles. The zero-order chi connectivity index (χ0) is 14.1. The molecule has 1 amide bonds. The summed E-state index contributed by atoms with van der Waals surface area (Å²) in [6, 6.07) is 1.67. The summed E-state index contributed by atoms with van der Waals surface area (Å²) in [6.45, 7) is 4.10. The van der Waals surface area contributed by atoms with Crippen molar-refractivity contribution in [2.24, 2.45) is 0 Å². The van der Waals surface area contributed by atoms with Crippen molar-refractivity contribution in [3.05, 3.63) is 28.5 Å². The van der Waals surface area contributed by atoms with Gasteiger partial charge in [0.15, 0.2) is 0 Å². The number of carbonyl (C=O) groups is 1. The van der Waals surface area contributed by atoms with Crippen LogP contribution in [0, 0.1) is 6.92 Å². The van der Waals surface area contributed by atoms with Crippen LogP contribution in [0.2, 0.25) is 5.02 Å². The standard InChI is InChI=1S/C13H19ClN2O3/c1-10-8-12(14)11(9-16-10)13(17)15-4-3-5-19-7-6-18-2/h8-9H,3-7H2,1-2H3,(H,15,17). The highest BCUT2D eigenvalue weighted by molar-refractivity contribution is 6.33. The molecule has 0 saturated carbocycles. The first kappa shape index (κ1) is 15.9. The van der Waals surface area contributed by atoms with Crippen LogP contribution in [0.3, 0.4) is 0 Å². The Bertz CT molecular complexity index is 413. The molecule has 0 aromatic carbocycles. The zero-order valence-corrected chi connectivity index (χ0v) is 12.0. The van der Waals surface area contributed by atoms with Gasteiger partial charge in [0.2, 0.25) is 0 Å². The molecule has 19 heavy (non-hydrogen) atoms. The lowest BCUT2D eigenvalue weighted by Gasteiger charge is -2.07. The van der Waals surface area contributed by atoms with E-state index < -0.39 is 0 Å². The lowest BCUT2D eigenvalue weighted by atomic mass is 10.2. The molecule has 1 aromatic heterocycles. The highest BCUT2D eigenvalue weighted by Gasteiger charge is 2.10. The van der Waals surface area contributed by atoms with E-state index in [1.54, 1.807) is 13.2 Å². The molecule has 0 fully saturated rings. The van der Waals surface area contributed by atoms with Crippen LogP contribution in [-0.2, 0) is 9.47 Å². The second-order valence-electron chi connectivity index (χ2n) is 4.02. The number of aromatic nitrogens is 1. The lowest BCUT2D eigenvalue weighted by molar-refractivity contribution is 0.0688. The van der Waals surface area contributed by atoms with Gasteiger partial charge in [-0.3, -0.25) is 9.78 Å². The van der Waals surface area contributed by atoms with Crippen molar-refractivity contribution in [1.29, 1.82) is 0 Å². The Morgan fingerprint density at radius 3 is 2.89 bits per heavy atom. The molecule has 1 aromatic rings. The molecule has 0 unspecified atom stereocenters. The first-order chi connectivity index (χ1) is 9.15. The minimum atomic E-state index is -0.214. The smallest absolute Gasteiger partial charge is 0.254 e. The summed E-state index contributed by atoms with van der Waals surface area (Å²) in [5.41, 5.74) is 1.18. The third-order valence-electron chi connectivity index (χ3n) is 2.42. The minimum Gasteiger partial charge on any atom is -0.382 e. The van der Waals surface area contributed by atoms with Gasteiger partial charge in [-0.2, -0.15) is 0 Å². The van der Waals surface area contributed by atoms with Gasteiger partial charge in [0.1, 0.15) is 0 Å². The molecule has 5 nitrogen and oxygen atoms in total. The maximum atomic E-state index is 11.8. The van der Waals surface area contributed by atoms with Crippen LogP contribution in [0.5, 0.6) is 0 Å². The summed E-state index contributed by atoms with van der Waals surface area (Å²) >= 11 is 5.98. The van der Waals surface area contributed by atoms with Crippen molar-refractivity contribution >= 4 is 17.5 Å². The van der Waals surface area contributed by atoms with Gasteiger partial charge in [-0.1, -0.05) is 11.6 Å². The van der Waals surface area contributed by atoms with E-state index in [1.807, 2.05) is 6.92 Å². The van der Waals surface area contributed by atoms with E-state index in [1.165, 1.54) is 6.20 Å². The van der Waals surface area contributed by atoms with Crippen LogP contribution >= 0.6 is 11.6 Å². The maximum absolute atomic E-state index is 11.8. The summed E-state index contributed by atoms with van der Waals surface area (Å²) in [5.74, 6) is -0.214. The molecule has 0 radical (unpaired) electrons. The molecule has 106 valence electrons. The van der Waals surface area contributed by atoms with E-state index in [9.17, 15) is 4.79 Å². The van der Waals surface area contributed by atoms with E-state index in [2.05, 4.69) is 10.3 Å². The molecule has 6 heteroatoms. The summed E-state index contributed by atoms with van der Waals surface area (Å²) in [6.07, 6.45) is 2.23. The zero-order valence-electron chi connectivity index (χ0n) is 11.2. The Kier molecular flexibility index (Phi) is 7.40. The first-order valence-corrected chi connectivity index (χ1v) is 6.50. The highest BCUT2D eigenvalue weighted by Crippen LogP contribution is 2.15. The lowest BCUT2D eigenvalue weighted by Crippen LogP contribution is -2.25. The monoisotopic (exact) mass is 286 g/mol. The number of pyridine rings is 1. The van der Waals surface area contributed by atoms with Crippen LogP contribution in [0.25, 0.3) is 0 Å². The Labute approximate surface area is 118 Å². The maximum Gasteiger partial charge on any atom is 0.254 e. The number of rotatable bonds is 8. The number of methoxy groups -OCH3 is 1. The third-order valence-corrected chi connectivity index (χ3v) is 2.73. The molecule has 0 atom stereocenters. The molecule has 0 spiro atoms. The number of hydrogen-bond acceptors (Lipinski definition) is 4. The normalized spacial score (nSPS) is 10.5. The van der Waals surface area contributed by atoms with Crippen molar-refractivity contribution in [1.82, 2.24) is 10.3 Å². The van der Waals surface area contributed by atoms with Crippen molar-refractivity contribution in [3.63, 3.8) is 0 Å². The topological polar surface area (TPSA) is 60.5 Å². The molecular formula is C13H19ClN2O3. The van der Waals surface area contributed by atoms with Gasteiger partial charge < -0.3 is 14.8 Å². The molecule has 0 aliphatic rings. The van der Waals surface area contributed by atoms with Gasteiger partial charge in [0.05, 0.1) is 23.8 Å². The Morgan fingerprint density at radius 2 is 2.21 bits per heavy atom. The fraction of sp³-hybridized carbons (Fsp3) is 0.538. The highest BCUT2D eigenvalue weighted by atomic mass is 35.5. The van der Waals surface area contributed by atoms with Gasteiger partial charge in [-0.25, -0.2) is 0 Å². The Morgan fingerprint density at radius 1 is 1.42 bits per heavy atom. The second-order valence-corrected chi connectivity index (χ2v) is 4.43. The predicted molar refractivity (Wildman–Crippen MR) is 73.6 cm³/mol. The average molecular weight is 287 g/mol. The number of hydrogen-bond donors (Lipinski definition) is 1. The van der Waals surface area contributed by atoms with Gasteiger partial charge in [0.25, 0.3) is 5.91 Å². The molecule has 0 saturated heterocycles. The number of ether oxygens (including phenoxy) is 2. The van der Waals surface area contributed by atoms with Crippen LogP contribution in [0.15, 0.2) is 12.3 Å². The summed E-state index contributed by atoms with van der Waals surface area (Å²) in [7, 11) is 1.63. The van der Waals surface area contributed by atoms with E-state index in [-0.39, 0.29) is 5.91 Å². The van der Waals surface area contributed by atoms with Crippen LogP contribution < -0.4 is 5.32 Å². The summed E-state index contributed by atoms with van der Waals surface area (Å²) in [5, 5.41) is 3.19. The number of aryl methyl sites for hydroxylation is 1. The van der Waals surface area contributed by atoms with Gasteiger partial charge in [-0.05, 0) is 19.4 Å². The molecular weight excluding hydrogens is 268 g/mol. The molecule has 0 aliphatic carbocycles. The van der Waals surface area contributed by atoms with E-state index in [0.717, 1.165) is 12.1 Å². The van der Waals surface area contributed by atoms with Gasteiger partial charge in [-0.15, -0.1) is 0 Å². The summed E-state index contributed by atoms with van der Waals surface area (Å²) in [4.78, 5) is 15.9. The first-order valence-electron chi connectivity index (χ1n) is 6.12. The molecule has 1 heterocycles. The van der Waals surface area contributed by atoms with Crippen molar-refractivity contribution < 1.29 is 14.3 Å². The number of nitrogens with one attached hydrogen (secondary N) is 1. The average Bonchev–Trinajstić information content (AvgIpc) is 2.37. The number of halogens is 1. The van der Waals surface area contributed by atoms with Gasteiger partial charge in [0, 0.05) is 32.2 Å². The molecule has 0 bridgehead atoms. The van der Waals surface area contributed by atoms with Gasteiger partial charge >= 0.3 is 0 Å². The van der Waals surface area contributed by atoms with E-state index in [4.69, 9.17) is 21.1 Å². The number of amides is 1. The largest absolute Gasteiger partial charge is 0.382 e. The van der Waals surface area contributed by atoms with E-state index >= 15 is 0 Å². The molecule has 1 rings (SSSR count). The Balaban J connectivity index is 2.24. The SMILES string of the molecule is COCCOCCCNC(=O)c1cnc(C)cc1Cl. The summed E-state index contributed by atoms with van der Waals surface area (Å²) < 4.78 is 10.1. The van der Waals surface area contributed by atoms with E-state index in [0.29, 0.717) is 37.0 Å². The van der Waals surface area contributed by atoms with Crippen LogP contribution in [-0.4, -0.2) is 44.4 Å². The molecule has 1 N–H and O–H groups in total. The number of nitrogens with zero attached hydrogens (tertiary/aromatic N) is 1. The Hall–Kier alpha value is -1.17. The third kappa shape index (κ3) is 6.00. The van der Waals surface area contributed by atoms with Crippen LogP contribution in [0.4, 0.5) is 0 Å². The predicted octanol–water partition coefficient (Wildman–Crippen LogP) is 1.83. The van der Waals surface area contributed by atoms with Crippen molar-refractivity contribution in [3.8, 4) is 0 Å². The van der Waals surface area contributed by atoms with Crippen molar-refractivity contribution in [2.45, 2.75) is 13.3 Å². The number of carbonyl (C=O) groups excluding carboxylic acids is 1. The minimum absolute atomic E-state index is 0.214. The van der Waals surface area contributed by atoms with Crippen LogP contribution in [0.1, 0.15) is 22.5 Å². The quantitative estimate of drug-likeness (QED) is 0.741. The fourth-order valence-corrected chi connectivity index (χ4v) is 1.70. The second kappa shape index (κ2) is 8.85.